The number of nitriles is 1. The van der Waals surface area contributed by atoms with Crippen molar-refractivity contribution in [3.63, 3.8) is 0 Å². The molecule has 1 heterocycles. The molecule has 0 radical (unpaired) electrons. The topological polar surface area (TPSA) is 67.2 Å². The van der Waals surface area contributed by atoms with E-state index in [1.165, 1.54) is 6.07 Å². The van der Waals surface area contributed by atoms with Crippen molar-refractivity contribution in [2.45, 2.75) is 0 Å². The van der Waals surface area contributed by atoms with E-state index >= 15 is 0 Å². The van der Waals surface area contributed by atoms with Crippen molar-refractivity contribution in [2.75, 3.05) is 6.26 Å². The van der Waals surface area contributed by atoms with Gasteiger partial charge in [0.05, 0.1) is 6.26 Å². The van der Waals surface area contributed by atoms with Crippen molar-refractivity contribution in [3.8, 4) is 6.07 Å². The van der Waals surface area contributed by atoms with Gasteiger partial charge in [0.25, 0.3) is 0 Å². The molecule has 15 heavy (non-hydrogen) atoms. The fourth-order valence-corrected chi connectivity index (χ4v) is 1.63. The monoisotopic (exact) mass is 233 g/mol. The first-order valence-electron chi connectivity index (χ1n) is 3.61. The van der Waals surface area contributed by atoms with Crippen LogP contribution in [0.3, 0.4) is 0 Å². The summed E-state index contributed by atoms with van der Waals surface area (Å²) in [6.45, 7) is 0. The van der Waals surface area contributed by atoms with Gasteiger partial charge in [0, 0.05) is 11.8 Å². The zero-order valence-corrected chi connectivity index (χ0v) is 8.31. The highest BCUT2D eigenvalue weighted by Crippen LogP contribution is 2.28. The van der Waals surface area contributed by atoms with Crippen molar-refractivity contribution >= 4 is 9.84 Å². The number of sulfone groups is 1. The van der Waals surface area contributed by atoms with Crippen LogP contribution in [0, 0.1) is 11.3 Å². The quantitative estimate of drug-likeness (QED) is 0.643. The largest absolute Gasteiger partial charge is 0.437 e. The van der Waals surface area contributed by atoms with Crippen LogP contribution in [0.5, 0.6) is 0 Å². The van der Waals surface area contributed by atoms with Gasteiger partial charge in [-0.1, -0.05) is 0 Å². The van der Waals surface area contributed by atoms with E-state index in [0.29, 0.717) is 0 Å². The summed E-state index contributed by atoms with van der Waals surface area (Å²) < 4.78 is 51.8. The van der Waals surface area contributed by atoms with Gasteiger partial charge in [-0.2, -0.15) is 14.0 Å². The Morgan fingerprint density at radius 3 is 2.60 bits per heavy atom. The van der Waals surface area contributed by atoms with E-state index in [1.54, 1.807) is 0 Å². The van der Waals surface area contributed by atoms with Crippen molar-refractivity contribution in [1.82, 2.24) is 0 Å². The summed E-state index contributed by atoms with van der Waals surface area (Å²) >= 11 is 0. The lowest BCUT2D eigenvalue weighted by atomic mass is 10.2. The van der Waals surface area contributed by atoms with E-state index in [2.05, 4.69) is 4.74 Å². The molecule has 0 saturated heterocycles. The minimum Gasteiger partial charge on any atom is -0.437 e. The summed E-state index contributed by atoms with van der Waals surface area (Å²) in [4.78, 5) is -0.838. The third kappa shape index (κ3) is 2.22. The predicted octanol–water partition coefficient (Wildman–Crippen LogP) is 1.46. The molecule has 0 bridgehead atoms. The van der Waals surface area contributed by atoms with Crippen LogP contribution in [-0.4, -0.2) is 14.7 Å². The number of halogens is 2. The summed E-state index contributed by atoms with van der Waals surface area (Å²) in [6.07, 6.45) is 2.36. The van der Waals surface area contributed by atoms with Crippen molar-refractivity contribution < 1.29 is 21.9 Å². The van der Waals surface area contributed by atoms with Crippen LogP contribution in [0.2, 0.25) is 0 Å². The van der Waals surface area contributed by atoms with Gasteiger partial charge in [0.1, 0.15) is 6.07 Å². The SMILES string of the molecule is CS(=O)(=O)/C(C#N)=C1/C=COC(F)=C1F. The molecule has 1 aliphatic heterocycles. The Labute approximate surface area is 84.7 Å². The molecule has 0 aliphatic carbocycles. The van der Waals surface area contributed by atoms with Gasteiger partial charge in [-0.05, 0) is 6.08 Å². The maximum atomic E-state index is 13.1. The van der Waals surface area contributed by atoms with Crippen LogP contribution in [-0.2, 0) is 14.6 Å². The predicted molar refractivity (Wildman–Crippen MR) is 46.9 cm³/mol. The molecule has 0 saturated carbocycles. The Hall–Kier alpha value is -1.68. The number of hydrogen-bond acceptors (Lipinski definition) is 4. The molecule has 7 heteroatoms. The molecular weight excluding hydrogens is 228 g/mol. The van der Waals surface area contributed by atoms with E-state index in [1.807, 2.05) is 0 Å². The zero-order valence-electron chi connectivity index (χ0n) is 7.49. The zero-order chi connectivity index (χ0) is 11.6. The second kappa shape index (κ2) is 3.82. The Morgan fingerprint density at radius 1 is 1.53 bits per heavy atom. The smallest absolute Gasteiger partial charge is 0.314 e. The summed E-state index contributed by atoms with van der Waals surface area (Å²) in [5, 5.41) is 8.54. The number of hydrogen-bond donors (Lipinski definition) is 0. The molecule has 1 rings (SSSR count). The Balaban J connectivity index is 3.50. The van der Waals surface area contributed by atoms with Gasteiger partial charge in [0.2, 0.25) is 5.83 Å². The molecule has 80 valence electrons. The first-order valence-corrected chi connectivity index (χ1v) is 5.50. The maximum Gasteiger partial charge on any atom is 0.314 e. The third-order valence-corrected chi connectivity index (χ3v) is 2.58. The van der Waals surface area contributed by atoms with Gasteiger partial charge < -0.3 is 4.74 Å². The fraction of sp³-hybridized carbons (Fsp3) is 0.125. The highest BCUT2D eigenvalue weighted by molar-refractivity contribution is 7.94. The minimum atomic E-state index is -3.90. The summed E-state index contributed by atoms with van der Waals surface area (Å²) in [5.74, 6) is -1.50. The van der Waals surface area contributed by atoms with Crippen LogP contribution >= 0.6 is 0 Å². The molecule has 4 nitrogen and oxygen atoms in total. The van der Waals surface area contributed by atoms with Gasteiger partial charge >= 0.3 is 6.01 Å². The van der Waals surface area contributed by atoms with Crippen molar-refractivity contribution in [2.24, 2.45) is 0 Å². The van der Waals surface area contributed by atoms with Crippen LogP contribution in [0.1, 0.15) is 0 Å². The Morgan fingerprint density at radius 2 is 2.13 bits per heavy atom. The lowest BCUT2D eigenvalue weighted by molar-refractivity contribution is 0.224. The van der Waals surface area contributed by atoms with Crippen LogP contribution < -0.4 is 0 Å². The molecule has 0 aromatic heterocycles. The van der Waals surface area contributed by atoms with E-state index in [9.17, 15) is 17.2 Å². The summed E-state index contributed by atoms with van der Waals surface area (Å²) in [5.41, 5.74) is -0.635. The average Bonchev–Trinajstić information content (AvgIpc) is 2.11. The number of ether oxygens (including phenoxy) is 1. The lowest BCUT2D eigenvalue weighted by Gasteiger charge is -2.08. The van der Waals surface area contributed by atoms with E-state index in [0.717, 1.165) is 18.6 Å². The molecule has 0 aromatic carbocycles. The second-order valence-electron chi connectivity index (χ2n) is 2.64. The van der Waals surface area contributed by atoms with Gasteiger partial charge in [0.15, 0.2) is 14.7 Å². The molecule has 0 spiro atoms. The number of allylic oxidation sites excluding steroid dienone is 4. The molecule has 0 atom stereocenters. The Kier molecular flexibility index (Phi) is 2.90. The first-order chi connectivity index (χ1) is 6.88. The van der Waals surface area contributed by atoms with Gasteiger partial charge in [-0.15, -0.1) is 0 Å². The first kappa shape index (κ1) is 11.4. The maximum absolute atomic E-state index is 13.1. The molecular formula is C8H5F2NO3S. The minimum absolute atomic E-state index is 0.635. The van der Waals surface area contributed by atoms with Crippen LogP contribution in [0.25, 0.3) is 0 Å². The normalized spacial score (nSPS) is 19.6. The highest BCUT2D eigenvalue weighted by Gasteiger charge is 2.24. The van der Waals surface area contributed by atoms with E-state index < -0.39 is 32.2 Å². The van der Waals surface area contributed by atoms with Gasteiger partial charge in [-0.3, -0.25) is 0 Å². The van der Waals surface area contributed by atoms with E-state index in [-0.39, 0.29) is 0 Å². The molecule has 0 N–H and O–H groups in total. The average molecular weight is 233 g/mol. The fourth-order valence-electron chi connectivity index (χ4n) is 0.911. The number of nitrogens with zero attached hydrogens (tertiary/aromatic N) is 1. The van der Waals surface area contributed by atoms with Crippen molar-refractivity contribution in [3.05, 3.63) is 34.7 Å². The Bertz CT molecular complexity index is 523. The molecule has 0 amide bonds. The number of rotatable bonds is 1. The summed E-state index contributed by atoms with van der Waals surface area (Å²) in [7, 11) is -3.90. The second-order valence-corrected chi connectivity index (χ2v) is 4.59. The van der Waals surface area contributed by atoms with Gasteiger partial charge in [-0.25, -0.2) is 8.42 Å². The summed E-state index contributed by atoms with van der Waals surface area (Å²) in [6, 6.07) is -0.259. The highest BCUT2D eigenvalue weighted by atomic mass is 32.2. The lowest BCUT2D eigenvalue weighted by Crippen LogP contribution is -2.05. The van der Waals surface area contributed by atoms with Crippen molar-refractivity contribution in [1.29, 1.82) is 5.26 Å². The third-order valence-electron chi connectivity index (χ3n) is 1.53. The van der Waals surface area contributed by atoms with E-state index in [4.69, 9.17) is 5.26 Å². The standard InChI is InChI=1S/C8H5F2NO3S/c1-15(12,13)6(4-11)5-2-3-14-8(10)7(5)9/h2-3H,1H3/b6-5-. The molecule has 1 aliphatic rings. The molecule has 0 unspecified atom stereocenters. The molecule has 0 fully saturated rings. The van der Waals surface area contributed by atoms with Crippen LogP contribution in [0.15, 0.2) is 34.7 Å². The van der Waals surface area contributed by atoms with Crippen LogP contribution in [0.4, 0.5) is 8.78 Å². The molecule has 0 aromatic rings.